The van der Waals surface area contributed by atoms with Crippen LogP contribution in [0.2, 0.25) is 0 Å². The van der Waals surface area contributed by atoms with Gasteiger partial charge < -0.3 is 19.9 Å². The fourth-order valence-corrected chi connectivity index (χ4v) is 1.56. The van der Waals surface area contributed by atoms with Gasteiger partial charge in [0.05, 0.1) is 26.4 Å². The van der Waals surface area contributed by atoms with Gasteiger partial charge in [0, 0.05) is 18.7 Å². The molecule has 0 spiro atoms. The summed E-state index contributed by atoms with van der Waals surface area (Å²) in [6, 6.07) is 6.98. The van der Waals surface area contributed by atoms with Crippen LogP contribution in [0, 0.1) is 0 Å². The SMILES string of the molecule is COCC(CO)NC(=O)/C=C/c1ccccc1OC. The van der Waals surface area contributed by atoms with Crippen LogP contribution < -0.4 is 10.1 Å². The second-order valence-corrected chi connectivity index (χ2v) is 3.92. The second-order valence-electron chi connectivity index (χ2n) is 3.92. The number of rotatable bonds is 7. The molecule has 1 aromatic carbocycles. The maximum atomic E-state index is 11.7. The number of benzene rings is 1. The van der Waals surface area contributed by atoms with E-state index in [1.165, 1.54) is 13.2 Å². The van der Waals surface area contributed by atoms with Gasteiger partial charge in [0.2, 0.25) is 5.91 Å². The molecule has 0 fully saturated rings. The number of carbonyl (C=O) groups is 1. The van der Waals surface area contributed by atoms with E-state index < -0.39 is 6.04 Å². The zero-order valence-electron chi connectivity index (χ0n) is 11.1. The van der Waals surface area contributed by atoms with E-state index in [4.69, 9.17) is 14.6 Å². The zero-order valence-corrected chi connectivity index (χ0v) is 11.1. The minimum atomic E-state index is -0.403. The minimum Gasteiger partial charge on any atom is -0.496 e. The van der Waals surface area contributed by atoms with E-state index in [9.17, 15) is 4.79 Å². The van der Waals surface area contributed by atoms with E-state index in [-0.39, 0.29) is 19.1 Å². The third-order valence-electron chi connectivity index (χ3n) is 2.49. The Balaban J connectivity index is 2.62. The van der Waals surface area contributed by atoms with Crippen LogP contribution in [0.4, 0.5) is 0 Å². The van der Waals surface area contributed by atoms with Crippen LogP contribution in [-0.4, -0.2) is 44.5 Å². The standard InChI is InChI=1S/C14H19NO4/c1-18-10-12(9-16)15-14(17)8-7-11-5-3-4-6-13(11)19-2/h3-8,12,16H,9-10H2,1-2H3,(H,15,17)/b8-7+. The maximum absolute atomic E-state index is 11.7. The first kappa shape index (κ1) is 15.2. The van der Waals surface area contributed by atoms with Gasteiger partial charge in [-0.15, -0.1) is 0 Å². The predicted molar refractivity (Wildman–Crippen MR) is 72.9 cm³/mol. The van der Waals surface area contributed by atoms with Crippen molar-refractivity contribution in [1.82, 2.24) is 5.32 Å². The van der Waals surface area contributed by atoms with Crippen molar-refractivity contribution in [2.75, 3.05) is 27.4 Å². The molecule has 0 heterocycles. The van der Waals surface area contributed by atoms with Gasteiger partial charge in [-0.2, -0.15) is 0 Å². The molecule has 0 aliphatic rings. The third kappa shape index (κ3) is 5.11. The fraction of sp³-hybridized carbons (Fsp3) is 0.357. The Kier molecular flexibility index (Phi) is 6.63. The van der Waals surface area contributed by atoms with Gasteiger partial charge in [-0.1, -0.05) is 18.2 Å². The van der Waals surface area contributed by atoms with Crippen molar-refractivity contribution in [1.29, 1.82) is 0 Å². The molecule has 104 valence electrons. The molecule has 1 atom stereocenters. The van der Waals surface area contributed by atoms with Crippen molar-refractivity contribution in [3.63, 3.8) is 0 Å². The molecule has 0 bridgehead atoms. The summed E-state index contributed by atoms with van der Waals surface area (Å²) in [4.78, 5) is 11.7. The normalized spacial score (nSPS) is 12.4. The molecule has 0 aliphatic heterocycles. The average Bonchev–Trinajstić information content (AvgIpc) is 2.44. The van der Waals surface area contributed by atoms with Crippen LogP contribution >= 0.6 is 0 Å². The Bertz CT molecular complexity index is 431. The van der Waals surface area contributed by atoms with Crippen molar-refractivity contribution in [3.05, 3.63) is 35.9 Å². The number of hydrogen-bond acceptors (Lipinski definition) is 4. The molecule has 1 amide bonds. The smallest absolute Gasteiger partial charge is 0.244 e. The molecule has 1 aromatic rings. The lowest BCUT2D eigenvalue weighted by atomic mass is 10.2. The summed E-state index contributed by atoms with van der Waals surface area (Å²) in [7, 11) is 3.09. The summed E-state index contributed by atoms with van der Waals surface area (Å²) >= 11 is 0. The number of hydrogen-bond donors (Lipinski definition) is 2. The monoisotopic (exact) mass is 265 g/mol. The fourth-order valence-electron chi connectivity index (χ4n) is 1.56. The number of aliphatic hydroxyl groups excluding tert-OH is 1. The highest BCUT2D eigenvalue weighted by Crippen LogP contribution is 2.18. The topological polar surface area (TPSA) is 67.8 Å². The van der Waals surface area contributed by atoms with E-state index in [0.29, 0.717) is 5.75 Å². The first-order chi connectivity index (χ1) is 9.21. The highest BCUT2D eigenvalue weighted by atomic mass is 16.5. The minimum absolute atomic E-state index is 0.165. The largest absolute Gasteiger partial charge is 0.496 e. The van der Waals surface area contributed by atoms with Crippen LogP contribution in [0.25, 0.3) is 6.08 Å². The second kappa shape index (κ2) is 8.29. The highest BCUT2D eigenvalue weighted by molar-refractivity contribution is 5.92. The molecule has 0 aliphatic carbocycles. The average molecular weight is 265 g/mol. The van der Waals surface area contributed by atoms with E-state index in [1.54, 1.807) is 13.2 Å². The van der Waals surface area contributed by atoms with Gasteiger partial charge in [0.15, 0.2) is 0 Å². The highest BCUT2D eigenvalue weighted by Gasteiger charge is 2.08. The number of amides is 1. The van der Waals surface area contributed by atoms with Crippen LogP contribution in [-0.2, 0) is 9.53 Å². The number of para-hydroxylation sites is 1. The van der Waals surface area contributed by atoms with Crippen molar-refractivity contribution in [2.24, 2.45) is 0 Å². The molecule has 19 heavy (non-hydrogen) atoms. The number of nitrogens with one attached hydrogen (secondary N) is 1. The van der Waals surface area contributed by atoms with E-state index in [2.05, 4.69) is 5.32 Å². The van der Waals surface area contributed by atoms with Crippen molar-refractivity contribution in [3.8, 4) is 5.75 Å². The Morgan fingerprint density at radius 3 is 2.79 bits per heavy atom. The van der Waals surface area contributed by atoms with Gasteiger partial charge in [-0.25, -0.2) is 0 Å². The van der Waals surface area contributed by atoms with Gasteiger partial charge in [-0.3, -0.25) is 4.79 Å². The lowest BCUT2D eigenvalue weighted by Crippen LogP contribution is -2.39. The van der Waals surface area contributed by atoms with E-state index in [1.807, 2.05) is 24.3 Å². The Morgan fingerprint density at radius 1 is 1.42 bits per heavy atom. The first-order valence-electron chi connectivity index (χ1n) is 5.92. The molecular formula is C14H19NO4. The summed E-state index contributed by atoms with van der Waals surface area (Å²) < 4.78 is 10.1. The van der Waals surface area contributed by atoms with Crippen LogP contribution in [0.5, 0.6) is 5.75 Å². The summed E-state index contributed by atoms with van der Waals surface area (Å²) in [6.07, 6.45) is 3.06. The van der Waals surface area contributed by atoms with Gasteiger partial charge in [0.25, 0.3) is 0 Å². The van der Waals surface area contributed by atoms with Gasteiger partial charge >= 0.3 is 0 Å². The van der Waals surface area contributed by atoms with Gasteiger partial charge in [-0.05, 0) is 12.1 Å². The molecule has 5 heteroatoms. The summed E-state index contributed by atoms with van der Waals surface area (Å²) in [5.41, 5.74) is 0.812. The van der Waals surface area contributed by atoms with Crippen molar-refractivity contribution < 1.29 is 19.4 Å². The van der Waals surface area contributed by atoms with Crippen LogP contribution in [0.15, 0.2) is 30.3 Å². The molecule has 0 aromatic heterocycles. The molecule has 5 nitrogen and oxygen atoms in total. The molecule has 0 radical (unpaired) electrons. The van der Waals surface area contributed by atoms with E-state index >= 15 is 0 Å². The molecule has 0 saturated carbocycles. The number of ether oxygens (including phenoxy) is 2. The summed E-state index contributed by atoms with van der Waals surface area (Å²) in [6.45, 7) is 0.104. The molecule has 1 rings (SSSR count). The Hall–Kier alpha value is -1.85. The van der Waals surface area contributed by atoms with Gasteiger partial charge in [0.1, 0.15) is 5.75 Å². The zero-order chi connectivity index (χ0) is 14.1. The lowest BCUT2D eigenvalue weighted by Gasteiger charge is -2.13. The molecule has 2 N–H and O–H groups in total. The van der Waals surface area contributed by atoms with Crippen molar-refractivity contribution in [2.45, 2.75) is 6.04 Å². The Morgan fingerprint density at radius 2 is 2.16 bits per heavy atom. The van der Waals surface area contributed by atoms with Crippen molar-refractivity contribution >= 4 is 12.0 Å². The quantitative estimate of drug-likeness (QED) is 0.717. The lowest BCUT2D eigenvalue weighted by molar-refractivity contribution is -0.117. The number of methoxy groups -OCH3 is 2. The van der Waals surface area contributed by atoms with E-state index in [0.717, 1.165) is 5.56 Å². The number of carbonyl (C=O) groups excluding carboxylic acids is 1. The first-order valence-corrected chi connectivity index (χ1v) is 5.92. The molecule has 1 unspecified atom stereocenters. The predicted octanol–water partition coefficient (Wildman–Crippen LogP) is 0.832. The maximum Gasteiger partial charge on any atom is 0.244 e. The third-order valence-corrected chi connectivity index (χ3v) is 2.49. The summed E-state index contributed by atoms with van der Waals surface area (Å²) in [5.74, 6) is 0.407. The molecular weight excluding hydrogens is 246 g/mol. The number of aliphatic hydroxyl groups is 1. The van der Waals surface area contributed by atoms with Crippen LogP contribution in [0.1, 0.15) is 5.56 Å². The Labute approximate surface area is 112 Å². The van der Waals surface area contributed by atoms with Crippen LogP contribution in [0.3, 0.4) is 0 Å². The summed E-state index contributed by atoms with van der Waals surface area (Å²) in [5, 5.41) is 11.7. The molecule has 0 saturated heterocycles.